The maximum Gasteiger partial charge on any atom is 0.261 e. The molecule has 11 heteroatoms. The van der Waals surface area contributed by atoms with Gasteiger partial charge in [-0.15, -0.1) is 11.3 Å². The van der Waals surface area contributed by atoms with Gasteiger partial charge in [0.2, 0.25) is 11.9 Å². The van der Waals surface area contributed by atoms with Crippen LogP contribution in [-0.2, 0) is 9.63 Å². The number of nitrogens with two attached hydrogens (primary N) is 1. The third-order valence-corrected chi connectivity index (χ3v) is 7.60. The molecule has 194 valence electrons. The molecule has 0 radical (unpaired) electrons. The van der Waals surface area contributed by atoms with Crippen LogP contribution in [0.5, 0.6) is 0 Å². The minimum atomic E-state index is -0.171. The maximum absolute atomic E-state index is 12.5. The van der Waals surface area contributed by atoms with E-state index in [1.807, 2.05) is 31.2 Å². The summed E-state index contributed by atoms with van der Waals surface area (Å²) in [5.41, 5.74) is 8.70. The number of oxime groups is 1. The Kier molecular flexibility index (Phi) is 7.61. The van der Waals surface area contributed by atoms with Crippen LogP contribution >= 0.6 is 11.3 Å². The van der Waals surface area contributed by atoms with Crippen LogP contribution in [0.25, 0.3) is 10.2 Å². The van der Waals surface area contributed by atoms with Crippen molar-refractivity contribution >= 4 is 50.7 Å². The Balaban J connectivity index is 1.50. The highest BCUT2D eigenvalue weighted by molar-refractivity contribution is 7.20. The number of likely N-dealkylation sites (tertiary alicyclic amines) is 1. The number of benzene rings is 1. The molecule has 2 aromatic heterocycles. The van der Waals surface area contributed by atoms with Gasteiger partial charge in [0.15, 0.2) is 0 Å². The fourth-order valence-electron chi connectivity index (χ4n) is 4.72. The normalized spacial score (nSPS) is 16.6. The minimum absolute atomic E-state index is 0.0934. The molecule has 2 aliphatic heterocycles. The molecule has 0 aliphatic carbocycles. The Morgan fingerprint density at radius 3 is 2.65 bits per heavy atom. The smallest absolute Gasteiger partial charge is 0.261 e. The molecule has 0 atom stereocenters. The molecular formula is C26H31N7O3S. The van der Waals surface area contributed by atoms with Crippen molar-refractivity contribution in [3.63, 3.8) is 0 Å². The van der Waals surface area contributed by atoms with Gasteiger partial charge in [-0.05, 0) is 57.5 Å². The fraction of sp³-hybridized carbons (Fsp3) is 0.423. The van der Waals surface area contributed by atoms with Gasteiger partial charge < -0.3 is 20.8 Å². The summed E-state index contributed by atoms with van der Waals surface area (Å²) in [4.78, 5) is 44.7. The van der Waals surface area contributed by atoms with Crippen LogP contribution in [0.2, 0.25) is 0 Å². The van der Waals surface area contributed by atoms with E-state index in [2.05, 4.69) is 25.3 Å². The third kappa shape index (κ3) is 5.57. The summed E-state index contributed by atoms with van der Waals surface area (Å²) < 4.78 is 0. The Morgan fingerprint density at radius 1 is 1.16 bits per heavy atom. The van der Waals surface area contributed by atoms with Crippen molar-refractivity contribution in [2.24, 2.45) is 5.16 Å². The van der Waals surface area contributed by atoms with Crippen molar-refractivity contribution in [2.45, 2.75) is 32.6 Å². The first kappa shape index (κ1) is 25.1. The predicted molar refractivity (Wildman–Crippen MR) is 145 cm³/mol. The monoisotopic (exact) mass is 521 g/mol. The second-order valence-electron chi connectivity index (χ2n) is 9.14. The van der Waals surface area contributed by atoms with Gasteiger partial charge in [0.1, 0.15) is 22.8 Å². The van der Waals surface area contributed by atoms with E-state index in [9.17, 15) is 9.59 Å². The number of rotatable bonds is 9. The van der Waals surface area contributed by atoms with E-state index in [0.717, 1.165) is 43.9 Å². The molecule has 3 aromatic rings. The first-order chi connectivity index (χ1) is 18.0. The molecule has 37 heavy (non-hydrogen) atoms. The highest BCUT2D eigenvalue weighted by Crippen LogP contribution is 2.29. The summed E-state index contributed by atoms with van der Waals surface area (Å²) in [7, 11) is 0. The second-order valence-corrected chi connectivity index (χ2v) is 10.2. The fourth-order valence-corrected chi connectivity index (χ4v) is 5.67. The Bertz CT molecular complexity index is 1320. The van der Waals surface area contributed by atoms with Gasteiger partial charge >= 0.3 is 0 Å². The standard InChI is InChI=1S/C26H31N7O3S/c1-2-28-24(35)20-16-19-23(29-26(27)30-25(19)37-20)22(31-36-15-14-32-11-3-4-12-32)17-7-9-18(10-8-17)33-13-5-6-21(33)34/h7-10,16H,2-6,11-15H2,1H3,(H,28,35)(H2,27,29,30). The van der Waals surface area contributed by atoms with Crippen molar-refractivity contribution in [1.82, 2.24) is 20.2 Å². The van der Waals surface area contributed by atoms with Crippen molar-refractivity contribution in [3.05, 3.63) is 46.5 Å². The lowest BCUT2D eigenvalue weighted by molar-refractivity contribution is -0.117. The topological polar surface area (TPSA) is 126 Å². The number of carbonyl (C=O) groups excluding carboxylic acids is 2. The summed E-state index contributed by atoms with van der Waals surface area (Å²) in [6, 6.07) is 9.41. The average molecular weight is 522 g/mol. The molecule has 0 spiro atoms. The van der Waals surface area contributed by atoms with Crippen LogP contribution in [0.4, 0.5) is 11.6 Å². The number of nitrogens with zero attached hydrogens (tertiary/aromatic N) is 5. The number of aromatic nitrogens is 2. The van der Waals surface area contributed by atoms with Gasteiger partial charge in [-0.1, -0.05) is 17.3 Å². The lowest BCUT2D eigenvalue weighted by Crippen LogP contribution is -2.24. The molecule has 0 saturated carbocycles. The number of fused-ring (bicyclic) bond motifs is 1. The van der Waals surface area contributed by atoms with Gasteiger partial charge in [0.25, 0.3) is 5.91 Å². The van der Waals surface area contributed by atoms with Crippen LogP contribution in [0.1, 0.15) is 53.5 Å². The molecule has 3 N–H and O–H groups in total. The summed E-state index contributed by atoms with van der Waals surface area (Å²) in [5.74, 6) is 0.0548. The van der Waals surface area contributed by atoms with E-state index in [0.29, 0.717) is 46.1 Å². The Labute approximate surface area is 219 Å². The molecule has 2 amide bonds. The average Bonchev–Trinajstić information content (AvgIpc) is 3.65. The molecule has 1 aromatic carbocycles. The van der Waals surface area contributed by atoms with Crippen LogP contribution in [0.3, 0.4) is 0 Å². The third-order valence-electron chi connectivity index (χ3n) is 6.57. The lowest BCUT2D eigenvalue weighted by Gasteiger charge is -2.16. The quantitative estimate of drug-likeness (QED) is 0.252. The summed E-state index contributed by atoms with van der Waals surface area (Å²) in [5, 5.41) is 8.02. The van der Waals surface area contributed by atoms with Gasteiger partial charge in [0, 0.05) is 42.7 Å². The molecule has 2 aliphatic rings. The number of thiophene rings is 1. The molecule has 2 saturated heterocycles. The SMILES string of the molecule is CCNC(=O)c1cc2c(C(=NOCCN3CCCC3)c3ccc(N4CCCC4=O)cc3)nc(N)nc2s1. The van der Waals surface area contributed by atoms with Crippen molar-refractivity contribution in [1.29, 1.82) is 0 Å². The summed E-state index contributed by atoms with van der Waals surface area (Å²) >= 11 is 1.26. The van der Waals surface area contributed by atoms with Gasteiger partial charge in [-0.25, -0.2) is 9.97 Å². The minimum Gasteiger partial charge on any atom is -0.394 e. The number of hydrogen-bond donors (Lipinski definition) is 2. The molecule has 2 fully saturated rings. The zero-order valence-corrected chi connectivity index (χ0v) is 21.7. The number of amides is 2. The van der Waals surface area contributed by atoms with Crippen molar-refractivity contribution in [2.75, 3.05) is 50.0 Å². The van der Waals surface area contributed by atoms with E-state index in [-0.39, 0.29) is 17.8 Å². The highest BCUT2D eigenvalue weighted by Gasteiger charge is 2.23. The van der Waals surface area contributed by atoms with Crippen molar-refractivity contribution < 1.29 is 14.4 Å². The number of hydrogen-bond acceptors (Lipinski definition) is 9. The molecule has 5 rings (SSSR count). The highest BCUT2D eigenvalue weighted by atomic mass is 32.1. The zero-order chi connectivity index (χ0) is 25.8. The number of carbonyl (C=O) groups is 2. The maximum atomic E-state index is 12.5. The number of anilines is 2. The van der Waals surface area contributed by atoms with Crippen molar-refractivity contribution in [3.8, 4) is 0 Å². The molecular weight excluding hydrogens is 490 g/mol. The van der Waals surface area contributed by atoms with Crippen LogP contribution in [0.15, 0.2) is 35.5 Å². The molecule has 0 unspecified atom stereocenters. The van der Waals surface area contributed by atoms with E-state index in [1.165, 1.54) is 24.2 Å². The Hall–Kier alpha value is -3.57. The van der Waals surface area contributed by atoms with E-state index in [1.54, 1.807) is 11.0 Å². The first-order valence-electron chi connectivity index (χ1n) is 12.7. The summed E-state index contributed by atoms with van der Waals surface area (Å²) in [6.45, 7) is 6.53. The van der Waals surface area contributed by atoms with Crippen LogP contribution < -0.4 is 16.0 Å². The summed E-state index contributed by atoms with van der Waals surface area (Å²) in [6.07, 6.45) is 3.86. The van der Waals surface area contributed by atoms with E-state index in [4.69, 9.17) is 10.6 Å². The molecule has 0 bridgehead atoms. The number of nitrogens with one attached hydrogen (secondary N) is 1. The van der Waals surface area contributed by atoms with Crippen LogP contribution in [-0.4, -0.2) is 71.7 Å². The van der Waals surface area contributed by atoms with Gasteiger partial charge in [-0.3, -0.25) is 14.5 Å². The van der Waals surface area contributed by atoms with Gasteiger partial charge in [0.05, 0.1) is 4.88 Å². The largest absolute Gasteiger partial charge is 0.394 e. The zero-order valence-electron chi connectivity index (χ0n) is 20.9. The Morgan fingerprint density at radius 2 is 1.95 bits per heavy atom. The van der Waals surface area contributed by atoms with Crippen LogP contribution in [0, 0.1) is 0 Å². The first-order valence-corrected chi connectivity index (χ1v) is 13.5. The molecule has 4 heterocycles. The molecule has 10 nitrogen and oxygen atoms in total. The van der Waals surface area contributed by atoms with E-state index >= 15 is 0 Å². The second kappa shape index (κ2) is 11.2. The van der Waals surface area contributed by atoms with Gasteiger partial charge in [-0.2, -0.15) is 0 Å². The van der Waals surface area contributed by atoms with E-state index < -0.39 is 0 Å². The predicted octanol–water partition coefficient (Wildman–Crippen LogP) is 3.01. The number of nitrogen functional groups attached to an aromatic ring is 1. The lowest BCUT2D eigenvalue weighted by atomic mass is 10.0.